The van der Waals surface area contributed by atoms with Gasteiger partial charge in [0.05, 0.1) is 22.6 Å². The molecule has 0 amide bonds. The van der Waals surface area contributed by atoms with E-state index >= 15 is 0 Å². The lowest BCUT2D eigenvalue weighted by Crippen LogP contribution is -2.35. The molecule has 0 saturated heterocycles. The average Bonchev–Trinajstić information content (AvgIpc) is 3.22. The molecule has 1 aliphatic heterocycles. The number of fused-ring (bicyclic) bond motifs is 1. The van der Waals surface area contributed by atoms with Crippen molar-refractivity contribution in [1.29, 1.82) is 0 Å². The van der Waals surface area contributed by atoms with E-state index in [1.165, 1.54) is 23.5 Å². The van der Waals surface area contributed by atoms with Gasteiger partial charge >= 0.3 is 0 Å². The smallest absolute Gasteiger partial charge is 0.270 e. The van der Waals surface area contributed by atoms with Crippen LogP contribution in [0.2, 0.25) is 0 Å². The van der Waals surface area contributed by atoms with Gasteiger partial charge < -0.3 is 9.72 Å². The van der Waals surface area contributed by atoms with E-state index in [9.17, 15) is 14.9 Å². The van der Waals surface area contributed by atoms with Crippen LogP contribution >= 0.6 is 11.3 Å². The van der Waals surface area contributed by atoms with Crippen LogP contribution in [0, 0.1) is 10.1 Å². The number of nitrogens with one attached hydrogen (secondary N) is 1. The number of hydrogen-bond acceptors (Lipinski definition) is 7. The molecule has 144 valence electrons. The number of benzene rings is 1. The predicted molar refractivity (Wildman–Crippen MR) is 106 cm³/mol. The first-order valence-corrected chi connectivity index (χ1v) is 9.62. The number of rotatable bonds is 5. The molecule has 0 unspecified atom stereocenters. The Hall–Kier alpha value is -3.04. The van der Waals surface area contributed by atoms with E-state index < -0.39 is 4.92 Å². The lowest BCUT2D eigenvalue weighted by molar-refractivity contribution is -0.385. The van der Waals surface area contributed by atoms with Crippen molar-refractivity contribution in [1.82, 2.24) is 14.9 Å². The number of nitro groups is 1. The normalized spacial score (nSPS) is 13.9. The molecule has 0 spiro atoms. The summed E-state index contributed by atoms with van der Waals surface area (Å²) < 4.78 is 5.36. The van der Waals surface area contributed by atoms with Gasteiger partial charge in [0.2, 0.25) is 0 Å². The molecule has 1 N–H and O–H groups in total. The number of ether oxygens (including phenoxy) is 1. The molecule has 0 atom stereocenters. The molecule has 0 aliphatic carbocycles. The zero-order chi connectivity index (χ0) is 19.7. The van der Waals surface area contributed by atoms with Gasteiger partial charge in [-0.2, -0.15) is 0 Å². The molecule has 0 saturated carbocycles. The van der Waals surface area contributed by atoms with Crippen molar-refractivity contribution >= 4 is 17.0 Å². The topological polar surface area (TPSA) is 101 Å². The largest absolute Gasteiger partial charge is 0.496 e. The summed E-state index contributed by atoms with van der Waals surface area (Å²) in [4.78, 5) is 33.7. The number of nitrogens with zero attached hydrogens (tertiary/aromatic N) is 3. The van der Waals surface area contributed by atoms with Crippen molar-refractivity contribution < 1.29 is 9.66 Å². The molecular weight excluding hydrogens is 380 g/mol. The van der Waals surface area contributed by atoms with Crippen molar-refractivity contribution in [3.8, 4) is 16.5 Å². The first kappa shape index (κ1) is 18.3. The van der Waals surface area contributed by atoms with Crippen molar-refractivity contribution in [3.63, 3.8) is 0 Å². The summed E-state index contributed by atoms with van der Waals surface area (Å²) in [5.41, 5.74) is 2.14. The third-order valence-electron chi connectivity index (χ3n) is 4.78. The predicted octanol–water partition coefficient (Wildman–Crippen LogP) is 2.97. The first-order valence-electron chi connectivity index (χ1n) is 8.75. The Kier molecular flexibility index (Phi) is 4.93. The second kappa shape index (κ2) is 7.53. The maximum atomic E-state index is 12.5. The van der Waals surface area contributed by atoms with Gasteiger partial charge in [-0.1, -0.05) is 6.07 Å². The van der Waals surface area contributed by atoms with Gasteiger partial charge in [-0.3, -0.25) is 19.8 Å². The fraction of sp³-hybridized carbons (Fsp3) is 0.263. The number of thiophene rings is 1. The van der Waals surface area contributed by atoms with E-state index in [2.05, 4.69) is 14.9 Å². The molecule has 8 nitrogen and oxygen atoms in total. The van der Waals surface area contributed by atoms with Crippen LogP contribution < -0.4 is 10.3 Å². The zero-order valence-electron chi connectivity index (χ0n) is 15.2. The number of hydrogen-bond donors (Lipinski definition) is 1. The lowest BCUT2D eigenvalue weighted by atomic mass is 10.0. The van der Waals surface area contributed by atoms with Crippen molar-refractivity contribution in [2.45, 2.75) is 19.5 Å². The van der Waals surface area contributed by atoms with Crippen molar-refractivity contribution in [2.75, 3.05) is 13.7 Å². The van der Waals surface area contributed by atoms with Crippen LogP contribution in [-0.4, -0.2) is 33.4 Å². The monoisotopic (exact) mass is 398 g/mol. The van der Waals surface area contributed by atoms with Gasteiger partial charge in [0.25, 0.3) is 11.2 Å². The Morgan fingerprint density at radius 3 is 2.96 bits per heavy atom. The fourth-order valence-corrected chi connectivity index (χ4v) is 4.07. The summed E-state index contributed by atoms with van der Waals surface area (Å²) in [7, 11) is 1.55. The van der Waals surface area contributed by atoms with Crippen LogP contribution in [0.15, 0.2) is 40.5 Å². The van der Waals surface area contributed by atoms with E-state index in [0.29, 0.717) is 43.2 Å². The van der Waals surface area contributed by atoms with Gasteiger partial charge in [-0.15, -0.1) is 11.3 Å². The van der Waals surface area contributed by atoms with Crippen LogP contribution in [0.3, 0.4) is 0 Å². The van der Waals surface area contributed by atoms with E-state index in [0.717, 1.165) is 16.1 Å². The summed E-state index contributed by atoms with van der Waals surface area (Å²) in [5.74, 6) is 1.18. The minimum absolute atomic E-state index is 0.0303. The second-order valence-electron chi connectivity index (χ2n) is 6.53. The summed E-state index contributed by atoms with van der Waals surface area (Å²) in [6.07, 6.45) is 0.583. The van der Waals surface area contributed by atoms with Crippen LogP contribution in [0.4, 0.5) is 5.69 Å². The molecule has 0 radical (unpaired) electrons. The summed E-state index contributed by atoms with van der Waals surface area (Å²) in [5, 5.41) is 13.0. The third-order valence-corrected chi connectivity index (χ3v) is 5.65. The molecule has 0 fully saturated rings. The molecule has 3 aromatic rings. The first-order chi connectivity index (χ1) is 13.5. The van der Waals surface area contributed by atoms with Crippen molar-refractivity contribution in [2.24, 2.45) is 0 Å². The molecule has 1 aliphatic rings. The highest BCUT2D eigenvalue weighted by atomic mass is 32.1. The minimum Gasteiger partial charge on any atom is -0.496 e. The van der Waals surface area contributed by atoms with Gasteiger partial charge in [0.15, 0.2) is 5.82 Å². The Balaban J connectivity index is 1.62. The van der Waals surface area contributed by atoms with E-state index in [4.69, 9.17) is 4.74 Å². The molecule has 4 rings (SSSR count). The highest BCUT2D eigenvalue weighted by molar-refractivity contribution is 7.13. The molecule has 9 heteroatoms. The lowest BCUT2D eigenvalue weighted by Gasteiger charge is -2.28. The molecule has 0 bridgehead atoms. The Labute approximate surface area is 164 Å². The average molecular weight is 398 g/mol. The van der Waals surface area contributed by atoms with Gasteiger partial charge in [-0.05, 0) is 23.9 Å². The maximum absolute atomic E-state index is 12.5. The molecular formula is C19H18N4O4S. The van der Waals surface area contributed by atoms with Crippen LogP contribution in [-0.2, 0) is 19.5 Å². The standard InChI is InChI=1S/C19H18N4O4S/c1-27-16-5-4-13(23(25)26)9-12(16)10-22-7-6-14-15(11-22)20-18(21-19(14)24)17-3-2-8-28-17/h2-5,8-9H,6-7,10-11H2,1H3,(H,20,21,24). The zero-order valence-corrected chi connectivity index (χ0v) is 16.0. The minimum atomic E-state index is -0.414. The van der Waals surface area contributed by atoms with Crippen molar-refractivity contribution in [3.05, 3.63) is 73.0 Å². The van der Waals surface area contributed by atoms with Crippen LogP contribution in [0.5, 0.6) is 5.75 Å². The van der Waals surface area contributed by atoms with Gasteiger partial charge in [0.1, 0.15) is 5.75 Å². The number of nitro benzene ring substituents is 1. The second-order valence-corrected chi connectivity index (χ2v) is 7.48. The van der Waals surface area contributed by atoms with Gasteiger partial charge in [0, 0.05) is 42.9 Å². The quantitative estimate of drug-likeness (QED) is 0.524. The van der Waals surface area contributed by atoms with Crippen LogP contribution in [0.1, 0.15) is 16.8 Å². The highest BCUT2D eigenvalue weighted by Gasteiger charge is 2.23. The number of non-ortho nitro benzene ring substituents is 1. The number of methoxy groups -OCH3 is 1. The Bertz CT molecular complexity index is 1080. The van der Waals surface area contributed by atoms with E-state index in [1.54, 1.807) is 13.2 Å². The molecule has 28 heavy (non-hydrogen) atoms. The van der Waals surface area contributed by atoms with E-state index in [-0.39, 0.29) is 11.2 Å². The third kappa shape index (κ3) is 3.54. The Morgan fingerprint density at radius 2 is 2.25 bits per heavy atom. The van der Waals surface area contributed by atoms with E-state index in [1.807, 2.05) is 17.5 Å². The summed E-state index contributed by atoms with van der Waals surface area (Å²) in [6, 6.07) is 8.42. The van der Waals surface area contributed by atoms with Crippen LogP contribution in [0.25, 0.3) is 10.7 Å². The SMILES string of the molecule is COc1ccc([N+](=O)[O-])cc1CN1CCc2c(nc(-c3cccs3)[nH]c2=O)C1. The molecule has 1 aromatic carbocycles. The van der Waals surface area contributed by atoms with Gasteiger partial charge in [-0.25, -0.2) is 4.98 Å². The number of aromatic nitrogens is 2. The number of H-pyrrole nitrogens is 1. The summed E-state index contributed by atoms with van der Waals surface area (Å²) >= 11 is 1.52. The fourth-order valence-electron chi connectivity index (χ4n) is 3.40. The molecule has 2 aromatic heterocycles. The number of aromatic amines is 1. The Morgan fingerprint density at radius 1 is 1.39 bits per heavy atom. The maximum Gasteiger partial charge on any atom is 0.270 e. The highest BCUT2D eigenvalue weighted by Crippen LogP contribution is 2.27. The molecule has 3 heterocycles. The summed E-state index contributed by atoms with van der Waals surface area (Å²) in [6.45, 7) is 1.65.